The third-order valence-corrected chi connectivity index (χ3v) is 3.93. The van der Waals surface area contributed by atoms with Crippen molar-refractivity contribution in [1.82, 2.24) is 20.9 Å². The minimum atomic E-state index is -0.284. The Labute approximate surface area is 149 Å². The fourth-order valence-electron chi connectivity index (χ4n) is 2.73. The van der Waals surface area contributed by atoms with E-state index in [4.69, 9.17) is 0 Å². The number of carbonyl (C=O) groups is 2. The van der Waals surface area contributed by atoms with E-state index >= 15 is 0 Å². The van der Waals surface area contributed by atoms with Crippen LogP contribution in [0.15, 0.2) is 30.3 Å². The molecule has 0 spiro atoms. The molecule has 1 aromatic carbocycles. The Kier molecular flexibility index (Phi) is 9.37. The van der Waals surface area contributed by atoms with Crippen molar-refractivity contribution in [3.8, 4) is 0 Å². The number of carbonyl (C=O) groups excluding carboxylic acids is 2. The topological polar surface area (TPSA) is 73.5 Å². The molecule has 0 saturated carbocycles. The van der Waals surface area contributed by atoms with Crippen LogP contribution in [0.3, 0.4) is 0 Å². The molecule has 1 heterocycles. The summed E-state index contributed by atoms with van der Waals surface area (Å²) in [5.74, 6) is -0.171. The van der Waals surface area contributed by atoms with Gasteiger partial charge in [-0.05, 0) is 5.56 Å². The number of nitrogens with one attached hydrogen (secondary N) is 3. The van der Waals surface area contributed by atoms with E-state index in [1.807, 2.05) is 30.3 Å². The highest BCUT2D eigenvalue weighted by Gasteiger charge is 2.17. The van der Waals surface area contributed by atoms with Crippen LogP contribution >= 0.6 is 12.4 Å². The number of benzene rings is 1. The van der Waals surface area contributed by atoms with Crippen molar-refractivity contribution in [1.29, 1.82) is 0 Å². The highest BCUT2D eigenvalue weighted by Crippen LogP contribution is 2.16. The van der Waals surface area contributed by atoms with Crippen molar-refractivity contribution in [2.45, 2.75) is 19.4 Å². The van der Waals surface area contributed by atoms with Crippen LogP contribution < -0.4 is 16.0 Å². The van der Waals surface area contributed by atoms with Crippen LogP contribution in [-0.2, 0) is 9.59 Å². The number of piperazine rings is 1. The van der Waals surface area contributed by atoms with Crippen LogP contribution in [0.1, 0.15) is 24.9 Å². The van der Waals surface area contributed by atoms with Crippen molar-refractivity contribution < 1.29 is 9.59 Å². The maximum atomic E-state index is 12.2. The van der Waals surface area contributed by atoms with Crippen LogP contribution in [0.25, 0.3) is 0 Å². The fraction of sp³-hybridized carbons (Fsp3) is 0.529. The third kappa shape index (κ3) is 7.29. The Morgan fingerprint density at radius 2 is 1.88 bits per heavy atom. The van der Waals surface area contributed by atoms with Gasteiger partial charge >= 0.3 is 0 Å². The van der Waals surface area contributed by atoms with Crippen LogP contribution in [-0.4, -0.2) is 56.0 Å². The van der Waals surface area contributed by atoms with Gasteiger partial charge in [-0.15, -0.1) is 12.4 Å². The lowest BCUT2D eigenvalue weighted by molar-refractivity contribution is -0.122. The fourth-order valence-corrected chi connectivity index (χ4v) is 2.73. The van der Waals surface area contributed by atoms with Gasteiger partial charge in [-0.2, -0.15) is 0 Å². The molecule has 1 aliphatic heterocycles. The maximum absolute atomic E-state index is 12.2. The van der Waals surface area contributed by atoms with Crippen LogP contribution in [0.4, 0.5) is 0 Å². The van der Waals surface area contributed by atoms with Gasteiger partial charge in [0.05, 0.1) is 12.5 Å². The molecule has 1 saturated heterocycles. The first-order valence-corrected chi connectivity index (χ1v) is 8.17. The second-order valence-electron chi connectivity index (χ2n) is 5.81. The van der Waals surface area contributed by atoms with E-state index in [2.05, 4.69) is 20.9 Å². The standard InChI is InChI=1S/C17H26N4O2.ClH/c1-14(22)20-16(15-5-3-2-4-6-15)13-17(23)19-9-12-21-10-7-18-8-11-21;/h2-6,16,18H,7-13H2,1H3,(H,19,23)(H,20,22);1H. The second-order valence-corrected chi connectivity index (χ2v) is 5.81. The Morgan fingerprint density at radius 3 is 2.50 bits per heavy atom. The summed E-state index contributed by atoms with van der Waals surface area (Å²) in [6, 6.07) is 9.30. The summed E-state index contributed by atoms with van der Waals surface area (Å²) in [6.45, 7) is 7.03. The summed E-state index contributed by atoms with van der Waals surface area (Å²) < 4.78 is 0. The van der Waals surface area contributed by atoms with E-state index in [0.717, 1.165) is 38.3 Å². The number of halogens is 1. The molecule has 0 radical (unpaired) electrons. The van der Waals surface area contributed by atoms with Gasteiger partial charge in [0.15, 0.2) is 0 Å². The Morgan fingerprint density at radius 1 is 1.21 bits per heavy atom. The summed E-state index contributed by atoms with van der Waals surface area (Å²) in [5.41, 5.74) is 0.944. The average Bonchev–Trinajstić information content (AvgIpc) is 2.56. The summed E-state index contributed by atoms with van der Waals surface area (Å²) in [5, 5.41) is 9.11. The first-order valence-electron chi connectivity index (χ1n) is 8.17. The molecule has 6 nitrogen and oxygen atoms in total. The predicted octanol–water partition coefficient (Wildman–Crippen LogP) is 0.697. The number of hydrogen-bond donors (Lipinski definition) is 3. The molecule has 1 unspecified atom stereocenters. The molecular weight excluding hydrogens is 328 g/mol. The molecule has 2 amide bonds. The smallest absolute Gasteiger partial charge is 0.222 e. The largest absolute Gasteiger partial charge is 0.355 e. The van der Waals surface area contributed by atoms with E-state index in [9.17, 15) is 9.59 Å². The lowest BCUT2D eigenvalue weighted by Crippen LogP contribution is -2.46. The van der Waals surface area contributed by atoms with Gasteiger partial charge in [-0.25, -0.2) is 0 Å². The lowest BCUT2D eigenvalue weighted by Gasteiger charge is -2.27. The van der Waals surface area contributed by atoms with Crippen molar-refractivity contribution in [2.24, 2.45) is 0 Å². The minimum Gasteiger partial charge on any atom is -0.355 e. The molecule has 1 aromatic rings. The quantitative estimate of drug-likeness (QED) is 0.674. The summed E-state index contributed by atoms with van der Waals surface area (Å²) >= 11 is 0. The van der Waals surface area contributed by atoms with Gasteiger partial charge < -0.3 is 16.0 Å². The lowest BCUT2D eigenvalue weighted by atomic mass is 10.0. The molecule has 0 aromatic heterocycles. The molecule has 1 atom stereocenters. The number of hydrogen-bond acceptors (Lipinski definition) is 4. The number of nitrogens with zero attached hydrogens (tertiary/aromatic N) is 1. The van der Waals surface area contributed by atoms with Gasteiger partial charge in [-0.1, -0.05) is 30.3 Å². The summed E-state index contributed by atoms with van der Waals surface area (Å²) in [6.07, 6.45) is 0.255. The molecule has 24 heavy (non-hydrogen) atoms. The van der Waals surface area contributed by atoms with Crippen molar-refractivity contribution in [3.63, 3.8) is 0 Å². The Balaban J connectivity index is 0.00000288. The highest BCUT2D eigenvalue weighted by molar-refractivity contribution is 5.85. The Hall–Kier alpha value is -1.63. The SMILES string of the molecule is CC(=O)NC(CC(=O)NCCN1CCNCC1)c1ccccc1.Cl. The second kappa shape index (κ2) is 11.0. The normalized spacial score (nSPS) is 15.9. The van der Waals surface area contributed by atoms with E-state index in [1.54, 1.807) is 0 Å². The van der Waals surface area contributed by atoms with Crippen molar-refractivity contribution in [3.05, 3.63) is 35.9 Å². The monoisotopic (exact) mass is 354 g/mol. The molecule has 7 heteroatoms. The van der Waals surface area contributed by atoms with Crippen LogP contribution in [0.2, 0.25) is 0 Å². The molecule has 1 aliphatic rings. The molecule has 2 rings (SSSR count). The van der Waals surface area contributed by atoms with Crippen LogP contribution in [0, 0.1) is 0 Å². The maximum Gasteiger partial charge on any atom is 0.222 e. The third-order valence-electron chi connectivity index (χ3n) is 3.93. The van der Waals surface area contributed by atoms with Gasteiger partial charge in [-0.3, -0.25) is 14.5 Å². The zero-order chi connectivity index (χ0) is 16.5. The Bertz CT molecular complexity index is 507. The van der Waals surface area contributed by atoms with Gasteiger partial charge in [0.1, 0.15) is 0 Å². The number of rotatable bonds is 7. The molecular formula is C17H27ClN4O2. The van der Waals surface area contributed by atoms with Crippen molar-refractivity contribution in [2.75, 3.05) is 39.3 Å². The van der Waals surface area contributed by atoms with E-state index in [0.29, 0.717) is 6.54 Å². The molecule has 1 fully saturated rings. The van der Waals surface area contributed by atoms with Crippen LogP contribution in [0.5, 0.6) is 0 Å². The molecule has 0 aliphatic carbocycles. The summed E-state index contributed by atoms with van der Waals surface area (Å²) in [4.78, 5) is 25.9. The average molecular weight is 355 g/mol. The van der Waals surface area contributed by atoms with Gasteiger partial charge in [0, 0.05) is 46.2 Å². The van der Waals surface area contributed by atoms with E-state index in [1.165, 1.54) is 6.92 Å². The predicted molar refractivity (Wildman–Crippen MR) is 97.2 cm³/mol. The van der Waals surface area contributed by atoms with Gasteiger partial charge in [0.25, 0.3) is 0 Å². The first kappa shape index (κ1) is 20.4. The zero-order valence-electron chi connectivity index (χ0n) is 14.1. The molecule has 3 N–H and O–H groups in total. The first-order chi connectivity index (χ1) is 11.1. The van der Waals surface area contributed by atoms with Crippen molar-refractivity contribution >= 4 is 24.2 Å². The van der Waals surface area contributed by atoms with E-state index in [-0.39, 0.29) is 36.7 Å². The molecule has 134 valence electrons. The number of amides is 2. The molecule has 0 bridgehead atoms. The minimum absolute atomic E-state index is 0. The zero-order valence-corrected chi connectivity index (χ0v) is 14.9. The summed E-state index contributed by atoms with van der Waals surface area (Å²) in [7, 11) is 0. The highest BCUT2D eigenvalue weighted by atomic mass is 35.5. The van der Waals surface area contributed by atoms with Gasteiger partial charge in [0.2, 0.25) is 11.8 Å². The van der Waals surface area contributed by atoms with E-state index < -0.39 is 0 Å².